The molecule has 1 aromatic heterocycles. The van der Waals surface area contributed by atoms with Gasteiger partial charge in [0.25, 0.3) is 5.91 Å². The zero-order chi connectivity index (χ0) is 20.9. The highest BCUT2D eigenvalue weighted by Crippen LogP contribution is 2.20. The van der Waals surface area contributed by atoms with Crippen LogP contribution in [-0.4, -0.2) is 44.6 Å². The van der Waals surface area contributed by atoms with Crippen LogP contribution in [0, 0.1) is 5.41 Å². The van der Waals surface area contributed by atoms with Crippen LogP contribution in [0.3, 0.4) is 0 Å². The average Bonchev–Trinajstić information content (AvgIpc) is 3.05. The molecule has 0 aliphatic carbocycles. The summed E-state index contributed by atoms with van der Waals surface area (Å²) in [4.78, 5) is 23.7. The van der Waals surface area contributed by atoms with Crippen molar-refractivity contribution < 1.29 is 19.4 Å². The Morgan fingerprint density at radius 3 is 2.43 bits per heavy atom. The summed E-state index contributed by atoms with van der Waals surface area (Å²) >= 11 is 0. The highest BCUT2D eigenvalue weighted by molar-refractivity contribution is 5.93. The molecular weight excluding hydrogens is 360 g/mol. The fourth-order valence-electron chi connectivity index (χ4n) is 2.62. The third-order valence-corrected chi connectivity index (χ3v) is 4.38. The van der Waals surface area contributed by atoms with Gasteiger partial charge in [-0.05, 0) is 64.8 Å². The number of hydrogen-bond acceptors (Lipinski definition) is 5. The number of carboxylic acids is 1. The Kier molecular flexibility index (Phi) is 6.77. The molecule has 2 rings (SSSR count). The minimum atomic E-state index is -0.904. The van der Waals surface area contributed by atoms with Crippen LogP contribution in [0.25, 0.3) is 5.69 Å². The first-order valence-electron chi connectivity index (χ1n) is 9.39. The summed E-state index contributed by atoms with van der Waals surface area (Å²) in [6.45, 7) is 9.35. The highest BCUT2D eigenvalue weighted by atomic mass is 16.5. The maximum atomic E-state index is 12.5. The number of carbonyl (C=O) groups excluding carboxylic acids is 1. The summed E-state index contributed by atoms with van der Waals surface area (Å²) < 4.78 is 7.28. The monoisotopic (exact) mass is 388 g/mol. The molecule has 0 saturated heterocycles. The zero-order valence-electron chi connectivity index (χ0n) is 17.0. The van der Waals surface area contributed by atoms with Crippen molar-refractivity contribution in [1.82, 2.24) is 20.3 Å². The summed E-state index contributed by atoms with van der Waals surface area (Å²) in [5.74, 6) is -0.494. The molecule has 0 bridgehead atoms. The number of hydrogen-bond donors (Lipinski definition) is 2. The van der Waals surface area contributed by atoms with E-state index in [0.717, 1.165) is 11.4 Å². The van der Waals surface area contributed by atoms with E-state index in [1.165, 1.54) is 0 Å². The number of ether oxygens (including phenoxy) is 1. The summed E-state index contributed by atoms with van der Waals surface area (Å²) in [7, 11) is 0. The van der Waals surface area contributed by atoms with Crippen molar-refractivity contribution in [3.63, 3.8) is 0 Å². The van der Waals surface area contributed by atoms with Gasteiger partial charge in [-0.1, -0.05) is 12.1 Å². The van der Waals surface area contributed by atoms with E-state index in [2.05, 4.69) is 15.6 Å². The van der Waals surface area contributed by atoms with Gasteiger partial charge in [-0.2, -0.15) is 0 Å². The third kappa shape index (κ3) is 5.09. The van der Waals surface area contributed by atoms with Crippen molar-refractivity contribution in [2.45, 2.75) is 53.6 Å². The number of aromatic nitrogens is 3. The number of benzene rings is 1. The van der Waals surface area contributed by atoms with E-state index in [4.69, 9.17) is 9.84 Å². The van der Waals surface area contributed by atoms with Crippen molar-refractivity contribution in [2.75, 3.05) is 6.54 Å². The molecule has 8 nitrogen and oxygen atoms in total. The molecule has 0 aliphatic heterocycles. The molecule has 0 saturated carbocycles. The smallest absolute Gasteiger partial charge is 0.309 e. The number of amides is 1. The van der Waals surface area contributed by atoms with E-state index >= 15 is 0 Å². The van der Waals surface area contributed by atoms with Crippen LogP contribution in [0.5, 0.6) is 5.75 Å². The summed E-state index contributed by atoms with van der Waals surface area (Å²) in [5, 5.41) is 20.1. The quantitative estimate of drug-likeness (QED) is 0.684. The van der Waals surface area contributed by atoms with Crippen LogP contribution in [0.4, 0.5) is 0 Å². The molecule has 1 aromatic carbocycles. The first kappa shape index (κ1) is 21.4. The lowest BCUT2D eigenvalue weighted by Gasteiger charge is -2.18. The fourth-order valence-corrected chi connectivity index (χ4v) is 2.62. The van der Waals surface area contributed by atoms with Crippen molar-refractivity contribution in [1.29, 1.82) is 0 Å². The summed E-state index contributed by atoms with van der Waals surface area (Å²) in [6, 6.07) is 7.43. The van der Waals surface area contributed by atoms with Gasteiger partial charge in [0.1, 0.15) is 5.75 Å². The average molecular weight is 388 g/mol. The van der Waals surface area contributed by atoms with Gasteiger partial charge in [-0.15, -0.1) is 5.10 Å². The minimum absolute atomic E-state index is 0.0878. The van der Waals surface area contributed by atoms with Crippen LogP contribution in [-0.2, 0) is 11.2 Å². The number of aliphatic carboxylic acids is 1. The van der Waals surface area contributed by atoms with E-state index in [1.54, 1.807) is 18.5 Å². The van der Waals surface area contributed by atoms with Gasteiger partial charge in [0.15, 0.2) is 5.69 Å². The molecular formula is C20H28N4O4. The second-order valence-corrected chi connectivity index (χ2v) is 7.51. The Hall–Kier alpha value is -2.90. The van der Waals surface area contributed by atoms with Crippen LogP contribution < -0.4 is 10.1 Å². The molecule has 0 unspecified atom stereocenters. The van der Waals surface area contributed by atoms with Crippen LogP contribution in [0.1, 0.15) is 57.2 Å². The van der Waals surface area contributed by atoms with Gasteiger partial charge in [-0.3, -0.25) is 9.59 Å². The minimum Gasteiger partial charge on any atom is -0.491 e. The number of carbonyl (C=O) groups is 2. The SMILES string of the molecule is CCc1c(C(=O)NCCC(C)(C)C(=O)O)nnn1-c1ccc(OC(C)C)cc1. The van der Waals surface area contributed by atoms with Crippen LogP contribution >= 0.6 is 0 Å². The standard InChI is InChI=1S/C20H28N4O4/c1-6-16-17(18(25)21-12-11-20(4,5)19(26)27)22-23-24(16)14-7-9-15(10-8-14)28-13(2)3/h7-10,13H,6,11-12H2,1-5H3,(H,21,25)(H,26,27). The molecule has 0 spiro atoms. The number of carboxylic acid groups (broad SMARTS) is 1. The first-order valence-corrected chi connectivity index (χ1v) is 9.39. The van der Waals surface area contributed by atoms with Crippen molar-refractivity contribution >= 4 is 11.9 Å². The topological polar surface area (TPSA) is 106 Å². The van der Waals surface area contributed by atoms with Gasteiger partial charge in [0.2, 0.25) is 0 Å². The molecule has 28 heavy (non-hydrogen) atoms. The van der Waals surface area contributed by atoms with E-state index in [9.17, 15) is 9.59 Å². The van der Waals surface area contributed by atoms with Crippen molar-refractivity contribution in [2.24, 2.45) is 5.41 Å². The Bertz CT molecular complexity index is 825. The predicted octanol–water partition coefficient (Wildman–Crippen LogP) is 2.85. The van der Waals surface area contributed by atoms with E-state index in [0.29, 0.717) is 18.5 Å². The molecule has 0 fully saturated rings. The first-order chi connectivity index (χ1) is 13.2. The predicted molar refractivity (Wildman–Crippen MR) is 105 cm³/mol. The molecule has 0 aliphatic rings. The molecule has 0 atom stereocenters. The fraction of sp³-hybridized carbons (Fsp3) is 0.500. The van der Waals surface area contributed by atoms with Crippen molar-refractivity contribution in [3.05, 3.63) is 35.7 Å². The lowest BCUT2D eigenvalue weighted by molar-refractivity contribution is -0.147. The lowest BCUT2D eigenvalue weighted by Crippen LogP contribution is -2.32. The molecule has 0 radical (unpaired) electrons. The van der Waals surface area contributed by atoms with Gasteiger partial charge in [0, 0.05) is 6.54 Å². The van der Waals surface area contributed by atoms with Crippen LogP contribution in [0.2, 0.25) is 0 Å². The zero-order valence-corrected chi connectivity index (χ0v) is 17.0. The summed E-state index contributed by atoms with van der Waals surface area (Å²) in [5.41, 5.74) is 0.815. The Balaban J connectivity index is 2.12. The lowest BCUT2D eigenvalue weighted by atomic mass is 9.90. The maximum Gasteiger partial charge on any atom is 0.309 e. The molecule has 2 N–H and O–H groups in total. The number of nitrogens with zero attached hydrogens (tertiary/aromatic N) is 3. The normalized spacial score (nSPS) is 11.5. The number of rotatable bonds is 9. The Morgan fingerprint density at radius 2 is 1.89 bits per heavy atom. The highest BCUT2D eigenvalue weighted by Gasteiger charge is 2.27. The van der Waals surface area contributed by atoms with Gasteiger partial charge < -0.3 is 15.2 Å². The number of nitrogens with one attached hydrogen (secondary N) is 1. The molecule has 152 valence electrons. The Labute approximate surface area is 164 Å². The van der Waals surface area contributed by atoms with Crippen LogP contribution in [0.15, 0.2) is 24.3 Å². The second kappa shape index (κ2) is 8.86. The molecule has 2 aromatic rings. The van der Waals surface area contributed by atoms with E-state index in [-0.39, 0.29) is 24.2 Å². The van der Waals surface area contributed by atoms with E-state index in [1.807, 2.05) is 45.0 Å². The molecule has 1 amide bonds. The largest absolute Gasteiger partial charge is 0.491 e. The third-order valence-electron chi connectivity index (χ3n) is 4.38. The maximum absolute atomic E-state index is 12.5. The van der Waals surface area contributed by atoms with Gasteiger partial charge in [-0.25, -0.2) is 4.68 Å². The van der Waals surface area contributed by atoms with E-state index < -0.39 is 11.4 Å². The van der Waals surface area contributed by atoms with Gasteiger partial charge >= 0.3 is 5.97 Å². The van der Waals surface area contributed by atoms with Crippen molar-refractivity contribution in [3.8, 4) is 11.4 Å². The second-order valence-electron chi connectivity index (χ2n) is 7.51. The van der Waals surface area contributed by atoms with Gasteiger partial charge in [0.05, 0.1) is 22.9 Å². The molecule has 1 heterocycles. The summed E-state index contributed by atoms with van der Waals surface area (Å²) in [6.07, 6.45) is 0.978. The molecule has 8 heteroatoms. The Morgan fingerprint density at radius 1 is 1.25 bits per heavy atom.